The fourth-order valence-corrected chi connectivity index (χ4v) is 2.63. The molecule has 1 fully saturated rings. The summed E-state index contributed by atoms with van der Waals surface area (Å²) < 4.78 is 26.7. The maximum absolute atomic E-state index is 13.8. The number of carbonyl (C=O) groups is 1. The number of nitrogens with one attached hydrogen (secondary N) is 1. The fraction of sp³-hybridized carbons (Fsp3) is 0.533. The predicted molar refractivity (Wildman–Crippen MR) is 80.8 cm³/mol. The van der Waals surface area contributed by atoms with Crippen LogP contribution in [0.15, 0.2) is 18.2 Å². The molecule has 1 aromatic rings. The van der Waals surface area contributed by atoms with Crippen LogP contribution in [-0.4, -0.2) is 36.5 Å². The minimum Gasteiger partial charge on any atom is -0.335 e. The summed E-state index contributed by atoms with van der Waals surface area (Å²) in [6, 6.07) is 3.26. The van der Waals surface area contributed by atoms with E-state index in [1.165, 1.54) is 6.07 Å². The molecule has 1 amide bonds. The number of piperidine rings is 1. The molecule has 1 aliphatic heterocycles. The van der Waals surface area contributed by atoms with E-state index in [9.17, 15) is 13.6 Å². The van der Waals surface area contributed by atoms with Gasteiger partial charge in [0.25, 0.3) is 5.91 Å². The highest BCUT2D eigenvalue weighted by Crippen LogP contribution is 2.18. The molecule has 1 aliphatic rings. The van der Waals surface area contributed by atoms with Crippen molar-refractivity contribution >= 4 is 18.3 Å². The normalized spacial score (nSPS) is 15.4. The van der Waals surface area contributed by atoms with E-state index in [4.69, 9.17) is 0 Å². The van der Waals surface area contributed by atoms with Gasteiger partial charge in [0, 0.05) is 18.7 Å². The standard InChI is InChI=1S/C15H20F2N2O.ClH/c1-2-9-19(12-5-7-18-8-6-12)15(20)13-4-3-11(16)10-14(13)17;/h3-4,10,12,18H,2,5-9H2,1H3;1H. The van der Waals surface area contributed by atoms with E-state index < -0.39 is 11.6 Å². The van der Waals surface area contributed by atoms with Gasteiger partial charge in [0.1, 0.15) is 11.6 Å². The second-order valence-electron chi connectivity index (χ2n) is 5.10. The molecule has 0 atom stereocenters. The van der Waals surface area contributed by atoms with Gasteiger partial charge in [0.2, 0.25) is 0 Å². The van der Waals surface area contributed by atoms with E-state index >= 15 is 0 Å². The van der Waals surface area contributed by atoms with Gasteiger partial charge in [-0.1, -0.05) is 6.92 Å². The van der Waals surface area contributed by atoms with E-state index in [2.05, 4.69) is 5.32 Å². The van der Waals surface area contributed by atoms with Crippen LogP contribution in [0.2, 0.25) is 0 Å². The lowest BCUT2D eigenvalue weighted by Crippen LogP contribution is -2.46. The molecule has 1 heterocycles. The Hall–Kier alpha value is -1.20. The number of nitrogens with zero attached hydrogens (tertiary/aromatic N) is 1. The molecule has 0 radical (unpaired) electrons. The van der Waals surface area contributed by atoms with E-state index in [-0.39, 0.29) is 29.9 Å². The molecule has 2 rings (SSSR count). The van der Waals surface area contributed by atoms with Gasteiger partial charge in [-0.25, -0.2) is 8.78 Å². The van der Waals surface area contributed by atoms with Crippen LogP contribution in [0.5, 0.6) is 0 Å². The summed E-state index contributed by atoms with van der Waals surface area (Å²) in [7, 11) is 0. The number of benzene rings is 1. The Labute approximate surface area is 130 Å². The maximum Gasteiger partial charge on any atom is 0.257 e. The van der Waals surface area contributed by atoms with Crippen LogP contribution < -0.4 is 5.32 Å². The van der Waals surface area contributed by atoms with Crippen molar-refractivity contribution in [2.75, 3.05) is 19.6 Å². The first-order chi connectivity index (χ1) is 9.63. The smallest absolute Gasteiger partial charge is 0.257 e. The second kappa shape index (κ2) is 8.29. The average molecular weight is 319 g/mol. The highest BCUT2D eigenvalue weighted by Gasteiger charge is 2.27. The zero-order valence-corrected chi connectivity index (χ0v) is 12.9. The highest BCUT2D eigenvalue weighted by atomic mass is 35.5. The van der Waals surface area contributed by atoms with E-state index in [1.807, 2.05) is 6.92 Å². The van der Waals surface area contributed by atoms with Crippen molar-refractivity contribution in [1.29, 1.82) is 0 Å². The molecule has 6 heteroatoms. The first-order valence-corrected chi connectivity index (χ1v) is 7.10. The van der Waals surface area contributed by atoms with Crippen molar-refractivity contribution in [2.24, 2.45) is 0 Å². The van der Waals surface area contributed by atoms with Gasteiger partial charge in [-0.2, -0.15) is 0 Å². The fourth-order valence-electron chi connectivity index (χ4n) is 2.63. The zero-order valence-electron chi connectivity index (χ0n) is 12.1. The van der Waals surface area contributed by atoms with Crippen LogP contribution >= 0.6 is 12.4 Å². The summed E-state index contributed by atoms with van der Waals surface area (Å²) in [5.41, 5.74) is -0.0432. The predicted octanol–water partition coefficient (Wildman–Crippen LogP) is 2.99. The summed E-state index contributed by atoms with van der Waals surface area (Å²) in [6.45, 7) is 4.32. The van der Waals surface area contributed by atoms with Gasteiger partial charge >= 0.3 is 0 Å². The molecule has 0 saturated carbocycles. The number of halogens is 3. The maximum atomic E-state index is 13.8. The quantitative estimate of drug-likeness (QED) is 0.925. The lowest BCUT2D eigenvalue weighted by Gasteiger charge is -2.34. The number of hydrogen-bond donors (Lipinski definition) is 1. The minimum atomic E-state index is -0.787. The van der Waals surface area contributed by atoms with Crippen molar-refractivity contribution < 1.29 is 13.6 Å². The molecule has 0 aliphatic carbocycles. The number of amides is 1. The van der Waals surface area contributed by atoms with E-state index in [0.29, 0.717) is 6.54 Å². The summed E-state index contributed by atoms with van der Waals surface area (Å²) in [5.74, 6) is -1.79. The van der Waals surface area contributed by atoms with Crippen LogP contribution in [0.1, 0.15) is 36.5 Å². The third kappa shape index (κ3) is 4.38. The lowest BCUT2D eigenvalue weighted by molar-refractivity contribution is 0.0638. The van der Waals surface area contributed by atoms with Gasteiger partial charge in [0.05, 0.1) is 5.56 Å². The Morgan fingerprint density at radius 1 is 1.33 bits per heavy atom. The molecular formula is C15H21ClF2N2O. The molecule has 118 valence electrons. The third-order valence-electron chi connectivity index (χ3n) is 3.64. The van der Waals surface area contributed by atoms with Gasteiger partial charge in [-0.3, -0.25) is 4.79 Å². The Kier molecular flexibility index (Phi) is 7.05. The molecule has 0 bridgehead atoms. The van der Waals surface area contributed by atoms with Gasteiger partial charge in [0.15, 0.2) is 0 Å². The van der Waals surface area contributed by atoms with Crippen molar-refractivity contribution in [3.63, 3.8) is 0 Å². The Morgan fingerprint density at radius 2 is 2.00 bits per heavy atom. The average Bonchev–Trinajstić information content (AvgIpc) is 2.45. The minimum absolute atomic E-state index is 0. The molecule has 0 unspecified atom stereocenters. The number of rotatable bonds is 4. The zero-order chi connectivity index (χ0) is 14.5. The summed E-state index contributed by atoms with van der Waals surface area (Å²) in [6.07, 6.45) is 2.56. The first kappa shape index (κ1) is 17.9. The molecule has 0 aromatic heterocycles. The lowest BCUT2D eigenvalue weighted by atomic mass is 10.0. The largest absolute Gasteiger partial charge is 0.335 e. The number of hydrogen-bond acceptors (Lipinski definition) is 2. The van der Waals surface area contributed by atoms with E-state index in [0.717, 1.165) is 44.5 Å². The van der Waals surface area contributed by atoms with Gasteiger partial charge in [-0.05, 0) is 44.5 Å². The second-order valence-corrected chi connectivity index (χ2v) is 5.10. The van der Waals surface area contributed by atoms with Gasteiger partial charge < -0.3 is 10.2 Å². The molecule has 1 aromatic carbocycles. The summed E-state index contributed by atoms with van der Waals surface area (Å²) in [5, 5.41) is 3.25. The molecule has 3 nitrogen and oxygen atoms in total. The van der Waals surface area contributed by atoms with Crippen LogP contribution in [0.4, 0.5) is 8.78 Å². The SMILES string of the molecule is CCCN(C(=O)c1ccc(F)cc1F)C1CCNCC1.Cl. The van der Waals surface area contributed by atoms with Crippen molar-refractivity contribution in [1.82, 2.24) is 10.2 Å². The molecule has 1 N–H and O–H groups in total. The molecule has 1 saturated heterocycles. The Balaban J connectivity index is 0.00000220. The van der Waals surface area contributed by atoms with Crippen molar-refractivity contribution in [3.05, 3.63) is 35.4 Å². The van der Waals surface area contributed by atoms with Crippen LogP contribution in [0.3, 0.4) is 0 Å². The molecule has 21 heavy (non-hydrogen) atoms. The van der Waals surface area contributed by atoms with Crippen molar-refractivity contribution in [2.45, 2.75) is 32.2 Å². The van der Waals surface area contributed by atoms with Crippen LogP contribution in [0, 0.1) is 11.6 Å². The Bertz CT molecular complexity index is 479. The molecule has 0 spiro atoms. The Morgan fingerprint density at radius 3 is 2.57 bits per heavy atom. The highest BCUT2D eigenvalue weighted by molar-refractivity contribution is 5.94. The first-order valence-electron chi connectivity index (χ1n) is 7.10. The monoisotopic (exact) mass is 318 g/mol. The van der Waals surface area contributed by atoms with Crippen LogP contribution in [-0.2, 0) is 0 Å². The van der Waals surface area contributed by atoms with Gasteiger partial charge in [-0.15, -0.1) is 12.4 Å². The topological polar surface area (TPSA) is 32.3 Å². The van der Waals surface area contributed by atoms with E-state index in [1.54, 1.807) is 4.90 Å². The van der Waals surface area contributed by atoms with Crippen molar-refractivity contribution in [3.8, 4) is 0 Å². The third-order valence-corrected chi connectivity index (χ3v) is 3.64. The molecular weight excluding hydrogens is 298 g/mol. The summed E-state index contributed by atoms with van der Waals surface area (Å²) >= 11 is 0. The summed E-state index contributed by atoms with van der Waals surface area (Å²) in [4.78, 5) is 14.2. The number of carbonyl (C=O) groups excluding carboxylic acids is 1. The van der Waals surface area contributed by atoms with Crippen LogP contribution in [0.25, 0.3) is 0 Å².